The highest BCUT2D eigenvalue weighted by Gasteiger charge is 2.18. The van der Waals surface area contributed by atoms with Crippen LogP contribution in [0, 0.1) is 0 Å². The first kappa shape index (κ1) is 13.7. The Hall–Kier alpha value is -2.30. The molecule has 3 rings (SSSR count). The van der Waals surface area contributed by atoms with E-state index in [4.69, 9.17) is 10.5 Å². The zero-order valence-corrected chi connectivity index (χ0v) is 12.2. The third kappa shape index (κ3) is 2.77. The lowest BCUT2D eigenvalue weighted by Crippen LogP contribution is -2.31. The highest BCUT2D eigenvalue weighted by molar-refractivity contribution is 5.80. The van der Waals surface area contributed by atoms with Crippen LogP contribution in [0.3, 0.4) is 0 Å². The number of aromatic nitrogens is 2. The normalized spacial score (nSPS) is 15.0. The molecule has 2 heterocycles. The Kier molecular flexibility index (Phi) is 3.90. The van der Waals surface area contributed by atoms with E-state index < -0.39 is 0 Å². The Labute approximate surface area is 124 Å². The van der Waals surface area contributed by atoms with E-state index in [-0.39, 0.29) is 0 Å². The standard InChI is InChI=1S/C16H20N4O/c1-21-13-7-5-12(6-8-13)15-14(17)16(19-11-18-15)20-9-3-2-4-10-20/h5-8,11H,2-4,9-10,17H2,1H3. The first-order chi connectivity index (χ1) is 10.3. The van der Waals surface area contributed by atoms with Gasteiger partial charge in [0.05, 0.1) is 12.8 Å². The molecule has 110 valence electrons. The van der Waals surface area contributed by atoms with Crippen molar-refractivity contribution in [2.75, 3.05) is 30.8 Å². The molecule has 21 heavy (non-hydrogen) atoms. The van der Waals surface area contributed by atoms with Gasteiger partial charge in [-0.05, 0) is 43.5 Å². The number of hydrogen-bond donors (Lipinski definition) is 1. The summed E-state index contributed by atoms with van der Waals surface area (Å²) in [6.07, 6.45) is 5.27. The molecule has 1 aliphatic heterocycles. The van der Waals surface area contributed by atoms with E-state index in [0.29, 0.717) is 5.69 Å². The summed E-state index contributed by atoms with van der Waals surface area (Å²) in [5, 5.41) is 0. The van der Waals surface area contributed by atoms with Gasteiger partial charge in [0.25, 0.3) is 0 Å². The van der Waals surface area contributed by atoms with Crippen LogP contribution >= 0.6 is 0 Å². The first-order valence-electron chi connectivity index (χ1n) is 7.29. The van der Waals surface area contributed by atoms with Crippen molar-refractivity contribution in [2.24, 2.45) is 0 Å². The van der Waals surface area contributed by atoms with Crippen LogP contribution in [0.25, 0.3) is 11.3 Å². The molecule has 1 saturated heterocycles. The first-order valence-corrected chi connectivity index (χ1v) is 7.29. The molecule has 0 amide bonds. The zero-order chi connectivity index (χ0) is 14.7. The van der Waals surface area contributed by atoms with Crippen LogP contribution < -0.4 is 15.4 Å². The van der Waals surface area contributed by atoms with Crippen molar-refractivity contribution in [1.82, 2.24) is 9.97 Å². The minimum atomic E-state index is 0.657. The predicted molar refractivity (Wildman–Crippen MR) is 84.5 cm³/mol. The molecule has 0 atom stereocenters. The van der Waals surface area contributed by atoms with Crippen molar-refractivity contribution >= 4 is 11.5 Å². The fourth-order valence-corrected chi connectivity index (χ4v) is 2.72. The van der Waals surface area contributed by atoms with Gasteiger partial charge in [-0.1, -0.05) is 0 Å². The summed E-state index contributed by atoms with van der Waals surface area (Å²) >= 11 is 0. The molecule has 5 heteroatoms. The van der Waals surface area contributed by atoms with Crippen LogP contribution in [0.1, 0.15) is 19.3 Å². The Balaban J connectivity index is 1.95. The molecular weight excluding hydrogens is 264 g/mol. The maximum atomic E-state index is 6.32. The molecule has 5 nitrogen and oxygen atoms in total. The van der Waals surface area contributed by atoms with E-state index in [1.54, 1.807) is 13.4 Å². The topological polar surface area (TPSA) is 64.3 Å². The van der Waals surface area contributed by atoms with Gasteiger partial charge in [-0.2, -0.15) is 0 Å². The molecule has 0 bridgehead atoms. The van der Waals surface area contributed by atoms with E-state index in [1.165, 1.54) is 19.3 Å². The van der Waals surface area contributed by atoms with E-state index in [9.17, 15) is 0 Å². The average Bonchev–Trinajstić information content (AvgIpc) is 2.56. The van der Waals surface area contributed by atoms with Crippen molar-refractivity contribution in [2.45, 2.75) is 19.3 Å². The Morgan fingerprint density at radius 2 is 1.76 bits per heavy atom. The molecule has 1 aliphatic rings. The maximum absolute atomic E-state index is 6.32. The van der Waals surface area contributed by atoms with E-state index in [2.05, 4.69) is 14.9 Å². The van der Waals surface area contributed by atoms with Crippen LogP contribution in [0.2, 0.25) is 0 Å². The van der Waals surface area contributed by atoms with Crippen molar-refractivity contribution in [3.8, 4) is 17.0 Å². The number of piperidine rings is 1. The summed E-state index contributed by atoms with van der Waals surface area (Å²) in [5.74, 6) is 1.68. The van der Waals surface area contributed by atoms with Crippen molar-refractivity contribution in [3.05, 3.63) is 30.6 Å². The van der Waals surface area contributed by atoms with Gasteiger partial charge < -0.3 is 15.4 Å². The molecule has 2 aromatic rings. The molecule has 0 unspecified atom stereocenters. The summed E-state index contributed by atoms with van der Waals surface area (Å²) < 4.78 is 5.18. The third-order valence-corrected chi connectivity index (χ3v) is 3.88. The lowest BCUT2D eigenvalue weighted by molar-refractivity contribution is 0.415. The molecule has 1 aromatic heterocycles. The Morgan fingerprint density at radius 1 is 1.05 bits per heavy atom. The fraction of sp³-hybridized carbons (Fsp3) is 0.375. The average molecular weight is 284 g/mol. The smallest absolute Gasteiger partial charge is 0.155 e. The molecule has 0 spiro atoms. The molecule has 1 fully saturated rings. The lowest BCUT2D eigenvalue weighted by atomic mass is 10.1. The van der Waals surface area contributed by atoms with E-state index >= 15 is 0 Å². The fourth-order valence-electron chi connectivity index (χ4n) is 2.72. The number of nitrogen functional groups attached to an aromatic ring is 1. The highest BCUT2D eigenvalue weighted by Crippen LogP contribution is 2.32. The molecule has 0 saturated carbocycles. The van der Waals surface area contributed by atoms with Gasteiger partial charge in [0.2, 0.25) is 0 Å². The van der Waals surface area contributed by atoms with Crippen LogP contribution in [0.4, 0.5) is 11.5 Å². The number of nitrogens with two attached hydrogens (primary N) is 1. The molecule has 1 aromatic carbocycles. The Morgan fingerprint density at radius 3 is 2.43 bits per heavy atom. The minimum absolute atomic E-state index is 0.657. The van der Waals surface area contributed by atoms with Gasteiger partial charge in [-0.3, -0.25) is 0 Å². The number of hydrogen-bond acceptors (Lipinski definition) is 5. The van der Waals surface area contributed by atoms with Crippen molar-refractivity contribution in [1.29, 1.82) is 0 Å². The van der Waals surface area contributed by atoms with Crippen molar-refractivity contribution < 1.29 is 4.74 Å². The predicted octanol–water partition coefficient (Wildman–Crippen LogP) is 2.72. The van der Waals surface area contributed by atoms with Gasteiger partial charge in [0.1, 0.15) is 17.8 Å². The summed E-state index contributed by atoms with van der Waals surface area (Å²) in [6, 6.07) is 7.77. The van der Waals surface area contributed by atoms with Crippen LogP contribution in [-0.2, 0) is 0 Å². The quantitative estimate of drug-likeness (QED) is 0.939. The molecule has 0 radical (unpaired) electrons. The van der Waals surface area contributed by atoms with Gasteiger partial charge in [0, 0.05) is 18.7 Å². The van der Waals surface area contributed by atoms with Gasteiger partial charge in [0.15, 0.2) is 5.82 Å². The SMILES string of the molecule is COc1ccc(-c2ncnc(N3CCCCC3)c2N)cc1. The van der Waals surface area contributed by atoms with Crippen LogP contribution in [0.15, 0.2) is 30.6 Å². The number of ether oxygens (including phenoxy) is 1. The maximum Gasteiger partial charge on any atom is 0.155 e. The molecule has 0 aliphatic carbocycles. The van der Waals surface area contributed by atoms with Gasteiger partial charge in [-0.15, -0.1) is 0 Å². The second-order valence-corrected chi connectivity index (χ2v) is 5.24. The second kappa shape index (κ2) is 5.99. The Bertz CT molecular complexity index is 606. The van der Waals surface area contributed by atoms with Crippen LogP contribution in [-0.4, -0.2) is 30.2 Å². The largest absolute Gasteiger partial charge is 0.497 e. The minimum Gasteiger partial charge on any atom is -0.497 e. The number of rotatable bonds is 3. The number of anilines is 2. The van der Waals surface area contributed by atoms with E-state index in [1.807, 2.05) is 24.3 Å². The molecule has 2 N–H and O–H groups in total. The third-order valence-electron chi connectivity index (χ3n) is 3.88. The number of nitrogens with zero attached hydrogens (tertiary/aromatic N) is 3. The summed E-state index contributed by atoms with van der Waals surface area (Å²) in [5.41, 5.74) is 8.74. The number of benzene rings is 1. The number of methoxy groups -OCH3 is 1. The summed E-state index contributed by atoms with van der Waals surface area (Å²) in [6.45, 7) is 2.03. The second-order valence-electron chi connectivity index (χ2n) is 5.24. The van der Waals surface area contributed by atoms with Gasteiger partial charge in [-0.25, -0.2) is 9.97 Å². The summed E-state index contributed by atoms with van der Waals surface area (Å²) in [4.78, 5) is 11.0. The van der Waals surface area contributed by atoms with Crippen molar-refractivity contribution in [3.63, 3.8) is 0 Å². The van der Waals surface area contributed by atoms with E-state index in [0.717, 1.165) is 35.9 Å². The van der Waals surface area contributed by atoms with Gasteiger partial charge >= 0.3 is 0 Å². The monoisotopic (exact) mass is 284 g/mol. The highest BCUT2D eigenvalue weighted by atomic mass is 16.5. The molecular formula is C16H20N4O. The summed E-state index contributed by atoms with van der Waals surface area (Å²) in [7, 11) is 1.66. The van der Waals surface area contributed by atoms with Crippen LogP contribution in [0.5, 0.6) is 5.75 Å². The lowest BCUT2D eigenvalue weighted by Gasteiger charge is -2.28. The zero-order valence-electron chi connectivity index (χ0n) is 12.2.